The van der Waals surface area contributed by atoms with Crippen LogP contribution in [0.1, 0.15) is 18.5 Å². The monoisotopic (exact) mass is 311 g/mol. The van der Waals surface area contributed by atoms with E-state index in [2.05, 4.69) is 48.5 Å². The van der Waals surface area contributed by atoms with Gasteiger partial charge in [0.25, 0.3) is 0 Å². The van der Waals surface area contributed by atoms with Crippen LogP contribution in [0.4, 0.5) is 0 Å². The van der Waals surface area contributed by atoms with E-state index in [4.69, 9.17) is 5.73 Å². The summed E-state index contributed by atoms with van der Waals surface area (Å²) in [6.45, 7) is 1.74. The van der Waals surface area contributed by atoms with Crippen LogP contribution < -0.4 is 5.73 Å². The van der Waals surface area contributed by atoms with Crippen molar-refractivity contribution in [1.29, 1.82) is 0 Å². The van der Waals surface area contributed by atoms with E-state index in [1.807, 2.05) is 6.07 Å². The zero-order chi connectivity index (χ0) is 14.6. The average molecular weight is 312 g/mol. The third-order valence-electron chi connectivity index (χ3n) is 4.44. The van der Waals surface area contributed by atoms with Gasteiger partial charge in [-0.2, -0.15) is 0 Å². The second kappa shape index (κ2) is 5.40. The van der Waals surface area contributed by atoms with Gasteiger partial charge in [0.05, 0.1) is 12.1 Å². The lowest BCUT2D eigenvalue weighted by molar-refractivity contribution is 0.165. The average Bonchev–Trinajstić information content (AvgIpc) is 2.51. The number of benzene rings is 4. The molecule has 0 radical (unpaired) electrons. The molecule has 0 amide bonds. The fourth-order valence-corrected chi connectivity index (χ4v) is 3.31. The Morgan fingerprint density at radius 2 is 1.36 bits per heavy atom. The molecule has 22 heavy (non-hydrogen) atoms. The summed E-state index contributed by atoms with van der Waals surface area (Å²) in [5, 5.41) is 17.2. The maximum atomic E-state index is 9.85. The topological polar surface area (TPSA) is 46.2 Å². The number of hydrogen-bond acceptors (Lipinski definition) is 2. The Bertz CT molecular complexity index is 932. The predicted octanol–water partition coefficient (Wildman–Crippen LogP) is 4.39. The Morgan fingerprint density at radius 3 is 2.00 bits per heavy atom. The van der Waals surface area contributed by atoms with Crippen LogP contribution in [0, 0.1) is 0 Å². The molecular weight excluding hydrogens is 294 g/mol. The minimum Gasteiger partial charge on any atom is -0.391 e. The molecule has 0 aliphatic carbocycles. The van der Waals surface area contributed by atoms with Gasteiger partial charge < -0.3 is 10.8 Å². The highest BCUT2D eigenvalue weighted by atomic mass is 35.5. The summed E-state index contributed by atoms with van der Waals surface area (Å²) in [6, 6.07) is 18.7. The molecule has 2 nitrogen and oxygen atoms in total. The summed E-state index contributed by atoms with van der Waals surface area (Å²) in [5.41, 5.74) is 7.20. The second-order valence-corrected chi connectivity index (χ2v) is 5.78. The van der Waals surface area contributed by atoms with Gasteiger partial charge in [-0.1, -0.05) is 54.6 Å². The zero-order valence-corrected chi connectivity index (χ0v) is 13.1. The molecule has 4 aromatic carbocycles. The number of rotatable bonds is 2. The van der Waals surface area contributed by atoms with Gasteiger partial charge in [-0.3, -0.25) is 0 Å². The maximum Gasteiger partial charge on any atom is 0.0704 e. The molecule has 0 spiro atoms. The second-order valence-electron chi connectivity index (χ2n) is 5.78. The zero-order valence-electron chi connectivity index (χ0n) is 12.3. The predicted molar refractivity (Wildman–Crippen MR) is 96.0 cm³/mol. The van der Waals surface area contributed by atoms with Crippen molar-refractivity contribution in [3.05, 3.63) is 60.2 Å². The lowest BCUT2D eigenvalue weighted by atomic mass is 9.89. The van der Waals surface area contributed by atoms with Gasteiger partial charge in [0.15, 0.2) is 0 Å². The first-order valence-corrected chi connectivity index (χ1v) is 7.27. The standard InChI is InChI=1S/C19H17NO.ClH/c1-11(21)19(20)16-10-8-14-6-5-12-3-2-4-13-7-9-15(16)18(14)17(12)13;/h2-11,19,21H,20H2,1H3;1H/t11-,19-;/m1./s1. The molecule has 4 rings (SSSR count). The van der Waals surface area contributed by atoms with E-state index in [-0.39, 0.29) is 18.4 Å². The van der Waals surface area contributed by atoms with E-state index in [1.54, 1.807) is 6.92 Å². The molecule has 2 atom stereocenters. The first kappa shape index (κ1) is 15.0. The Hall–Kier alpha value is -1.87. The molecule has 4 aromatic rings. The first-order chi connectivity index (χ1) is 10.2. The Balaban J connectivity index is 0.00000144. The highest BCUT2D eigenvalue weighted by Crippen LogP contribution is 2.37. The first-order valence-electron chi connectivity index (χ1n) is 7.27. The van der Waals surface area contributed by atoms with Gasteiger partial charge in [-0.25, -0.2) is 0 Å². The van der Waals surface area contributed by atoms with E-state index in [0.29, 0.717) is 0 Å². The normalized spacial score (nSPS) is 14.3. The summed E-state index contributed by atoms with van der Waals surface area (Å²) in [5.74, 6) is 0. The van der Waals surface area contributed by atoms with E-state index < -0.39 is 6.10 Å². The van der Waals surface area contributed by atoms with Crippen molar-refractivity contribution >= 4 is 44.7 Å². The van der Waals surface area contributed by atoms with E-state index in [1.165, 1.54) is 26.9 Å². The quantitative estimate of drug-likeness (QED) is 0.539. The molecule has 0 saturated heterocycles. The molecule has 0 saturated carbocycles. The number of aliphatic hydroxyl groups is 1. The Morgan fingerprint density at radius 1 is 0.818 bits per heavy atom. The third kappa shape index (κ3) is 2.03. The van der Waals surface area contributed by atoms with Crippen molar-refractivity contribution in [1.82, 2.24) is 0 Å². The number of aliphatic hydroxyl groups excluding tert-OH is 1. The van der Waals surface area contributed by atoms with Crippen molar-refractivity contribution in [3.8, 4) is 0 Å². The number of hydrogen-bond donors (Lipinski definition) is 2. The summed E-state index contributed by atoms with van der Waals surface area (Å²) in [6.07, 6.45) is -0.566. The number of nitrogens with two attached hydrogens (primary N) is 1. The fraction of sp³-hybridized carbons (Fsp3) is 0.158. The summed E-state index contributed by atoms with van der Waals surface area (Å²) in [4.78, 5) is 0. The molecule has 0 fully saturated rings. The van der Waals surface area contributed by atoms with Crippen LogP contribution in [-0.2, 0) is 0 Å². The Kier molecular flexibility index (Phi) is 3.69. The van der Waals surface area contributed by atoms with Gasteiger partial charge >= 0.3 is 0 Å². The van der Waals surface area contributed by atoms with Crippen LogP contribution in [0.3, 0.4) is 0 Å². The maximum absolute atomic E-state index is 9.85. The molecule has 0 aliphatic rings. The largest absolute Gasteiger partial charge is 0.391 e. The molecule has 0 bridgehead atoms. The van der Waals surface area contributed by atoms with Crippen molar-refractivity contribution in [2.75, 3.05) is 0 Å². The van der Waals surface area contributed by atoms with Crippen LogP contribution in [-0.4, -0.2) is 11.2 Å². The van der Waals surface area contributed by atoms with Gasteiger partial charge in [0, 0.05) is 0 Å². The summed E-state index contributed by atoms with van der Waals surface area (Å²) < 4.78 is 0. The van der Waals surface area contributed by atoms with Crippen molar-refractivity contribution in [3.63, 3.8) is 0 Å². The van der Waals surface area contributed by atoms with Crippen LogP contribution in [0.15, 0.2) is 54.6 Å². The van der Waals surface area contributed by atoms with E-state index >= 15 is 0 Å². The summed E-state index contributed by atoms with van der Waals surface area (Å²) in [7, 11) is 0. The van der Waals surface area contributed by atoms with Crippen molar-refractivity contribution in [2.24, 2.45) is 5.73 Å². The van der Waals surface area contributed by atoms with E-state index in [0.717, 1.165) is 10.9 Å². The van der Waals surface area contributed by atoms with Gasteiger partial charge in [0.1, 0.15) is 0 Å². The molecule has 0 unspecified atom stereocenters. The molecule has 0 aliphatic heterocycles. The number of halogens is 1. The minimum atomic E-state index is -0.566. The van der Waals surface area contributed by atoms with Crippen LogP contribution in [0.25, 0.3) is 32.3 Å². The Labute approximate surface area is 135 Å². The molecule has 3 N–H and O–H groups in total. The molecule has 0 aromatic heterocycles. The molecule has 0 heterocycles. The van der Waals surface area contributed by atoms with E-state index in [9.17, 15) is 5.11 Å². The van der Waals surface area contributed by atoms with Gasteiger partial charge in [-0.05, 0) is 44.8 Å². The third-order valence-corrected chi connectivity index (χ3v) is 4.44. The SMILES string of the molecule is C[C@@H](O)[C@@H](N)c1ccc2ccc3cccc4ccc1c2c34.Cl. The lowest BCUT2D eigenvalue weighted by Gasteiger charge is -2.19. The van der Waals surface area contributed by atoms with Gasteiger partial charge in [-0.15, -0.1) is 12.4 Å². The molecule has 112 valence electrons. The van der Waals surface area contributed by atoms with Crippen molar-refractivity contribution in [2.45, 2.75) is 19.1 Å². The molecular formula is C19H18ClNO. The van der Waals surface area contributed by atoms with Crippen LogP contribution >= 0.6 is 12.4 Å². The smallest absolute Gasteiger partial charge is 0.0704 e. The highest BCUT2D eigenvalue weighted by molar-refractivity contribution is 6.23. The molecule has 3 heteroatoms. The summed E-state index contributed by atoms with van der Waals surface area (Å²) >= 11 is 0. The fourth-order valence-electron chi connectivity index (χ4n) is 3.31. The highest BCUT2D eigenvalue weighted by Gasteiger charge is 2.17. The minimum absolute atomic E-state index is 0. The van der Waals surface area contributed by atoms with Crippen molar-refractivity contribution < 1.29 is 5.11 Å². The van der Waals surface area contributed by atoms with Gasteiger partial charge in [0.2, 0.25) is 0 Å². The van der Waals surface area contributed by atoms with Crippen LogP contribution in [0.5, 0.6) is 0 Å². The lowest BCUT2D eigenvalue weighted by Crippen LogP contribution is -2.23. The van der Waals surface area contributed by atoms with Crippen LogP contribution in [0.2, 0.25) is 0 Å².